The van der Waals surface area contributed by atoms with Crippen LogP contribution in [0, 0.1) is 0 Å². The third-order valence-corrected chi connectivity index (χ3v) is 6.87. The molecule has 168 valence electrons. The van der Waals surface area contributed by atoms with E-state index in [4.69, 9.17) is 34.8 Å². The Hall–Kier alpha value is -1.40. The van der Waals surface area contributed by atoms with E-state index >= 15 is 0 Å². The quantitative estimate of drug-likeness (QED) is 0.421. The molecule has 0 aliphatic rings. The zero-order chi connectivity index (χ0) is 23.0. The van der Waals surface area contributed by atoms with Crippen LogP contribution in [0.2, 0.25) is 15.1 Å². The van der Waals surface area contributed by atoms with E-state index in [0.29, 0.717) is 27.4 Å². The number of hydrogen-bond acceptors (Lipinski definition) is 3. The highest BCUT2D eigenvalue weighted by molar-refractivity contribution is 7.99. The zero-order valence-corrected chi connectivity index (χ0v) is 20.9. The van der Waals surface area contributed by atoms with Crippen LogP contribution in [0.5, 0.6) is 0 Å². The molecule has 2 amide bonds. The molecule has 0 spiro atoms. The minimum absolute atomic E-state index is 0.0409. The van der Waals surface area contributed by atoms with E-state index in [9.17, 15) is 9.59 Å². The van der Waals surface area contributed by atoms with Gasteiger partial charge in [-0.1, -0.05) is 59.9 Å². The van der Waals surface area contributed by atoms with Crippen LogP contribution < -0.4 is 5.32 Å². The van der Waals surface area contributed by atoms with Crippen LogP contribution in [0.15, 0.2) is 42.5 Å². The lowest BCUT2D eigenvalue weighted by atomic mass is 10.1. The molecule has 0 aliphatic carbocycles. The van der Waals surface area contributed by atoms with E-state index in [1.165, 1.54) is 11.8 Å². The van der Waals surface area contributed by atoms with Crippen molar-refractivity contribution in [2.24, 2.45) is 0 Å². The normalized spacial score (nSPS) is 12.8. The van der Waals surface area contributed by atoms with Gasteiger partial charge in [0.1, 0.15) is 6.04 Å². The molecule has 4 nitrogen and oxygen atoms in total. The average Bonchev–Trinajstić information content (AvgIpc) is 2.74. The Kier molecular flexibility index (Phi) is 10.5. The van der Waals surface area contributed by atoms with Crippen molar-refractivity contribution in [2.45, 2.75) is 51.6 Å². The number of halogens is 3. The predicted molar refractivity (Wildman–Crippen MR) is 132 cm³/mol. The molecule has 2 atom stereocenters. The van der Waals surface area contributed by atoms with E-state index in [-0.39, 0.29) is 23.6 Å². The number of hydrogen-bond donors (Lipinski definition) is 1. The number of rotatable bonds is 10. The number of nitrogens with zero attached hydrogens (tertiary/aromatic N) is 1. The summed E-state index contributed by atoms with van der Waals surface area (Å²) >= 11 is 19.8. The second-order valence-electron chi connectivity index (χ2n) is 7.33. The Balaban J connectivity index is 2.11. The van der Waals surface area contributed by atoms with Gasteiger partial charge in [-0.2, -0.15) is 0 Å². The highest BCUT2D eigenvalue weighted by atomic mass is 35.5. The maximum Gasteiger partial charge on any atom is 0.242 e. The van der Waals surface area contributed by atoms with Crippen LogP contribution in [0.25, 0.3) is 0 Å². The number of thioether (sulfide) groups is 1. The van der Waals surface area contributed by atoms with Gasteiger partial charge in [0.2, 0.25) is 11.8 Å². The summed E-state index contributed by atoms with van der Waals surface area (Å²) < 4.78 is 0. The van der Waals surface area contributed by atoms with E-state index in [0.717, 1.165) is 17.5 Å². The van der Waals surface area contributed by atoms with Crippen LogP contribution in [-0.2, 0) is 21.9 Å². The lowest BCUT2D eigenvalue weighted by molar-refractivity contribution is -0.138. The van der Waals surface area contributed by atoms with Crippen molar-refractivity contribution in [1.29, 1.82) is 0 Å². The molecule has 31 heavy (non-hydrogen) atoms. The fraction of sp³-hybridized carbons (Fsp3) is 0.391. The van der Waals surface area contributed by atoms with Crippen LogP contribution in [0.1, 0.15) is 38.3 Å². The third-order valence-electron chi connectivity index (χ3n) is 4.97. The minimum atomic E-state index is -0.610. The molecule has 0 fully saturated rings. The number of benzene rings is 2. The van der Waals surface area contributed by atoms with Gasteiger partial charge in [0, 0.05) is 33.4 Å². The molecular formula is C23H27Cl3N2O2S. The average molecular weight is 502 g/mol. The molecular weight excluding hydrogens is 475 g/mol. The monoisotopic (exact) mass is 500 g/mol. The number of carbonyl (C=O) groups excluding carboxylic acids is 2. The van der Waals surface area contributed by atoms with Gasteiger partial charge in [-0.05, 0) is 55.7 Å². The lowest BCUT2D eigenvalue weighted by Crippen LogP contribution is -2.50. The lowest BCUT2D eigenvalue weighted by Gasteiger charge is -2.29. The van der Waals surface area contributed by atoms with Crippen LogP contribution in [0.4, 0.5) is 0 Å². The number of carbonyl (C=O) groups is 2. The molecule has 0 heterocycles. The molecule has 0 bridgehead atoms. The summed E-state index contributed by atoms with van der Waals surface area (Å²) in [6.07, 6.45) is 0.817. The summed E-state index contributed by atoms with van der Waals surface area (Å²) in [7, 11) is 0. The fourth-order valence-electron chi connectivity index (χ4n) is 2.83. The molecule has 0 unspecified atom stereocenters. The first-order valence-electron chi connectivity index (χ1n) is 10.1. The van der Waals surface area contributed by atoms with Gasteiger partial charge in [0.25, 0.3) is 0 Å². The molecule has 0 aromatic heterocycles. The Morgan fingerprint density at radius 3 is 2.23 bits per heavy atom. The van der Waals surface area contributed by atoms with Crippen molar-refractivity contribution in [2.75, 3.05) is 5.75 Å². The molecule has 2 aromatic carbocycles. The molecule has 0 saturated carbocycles. The van der Waals surface area contributed by atoms with Crippen molar-refractivity contribution < 1.29 is 9.59 Å². The standard InChI is InChI=1S/C23H27Cl3N2O2S/c1-4-15(2)27-23(30)16(3)28(12-17-8-10-18(24)11-9-17)22(29)14-31-13-19-20(25)6-5-7-21(19)26/h5-11,15-16H,4,12-14H2,1-3H3,(H,27,30)/t15-,16-/m1/s1. The number of nitrogens with one attached hydrogen (secondary N) is 1. The van der Waals surface area contributed by atoms with E-state index in [1.807, 2.05) is 26.0 Å². The maximum atomic E-state index is 13.1. The molecule has 0 radical (unpaired) electrons. The van der Waals surface area contributed by atoms with Gasteiger partial charge in [-0.15, -0.1) is 11.8 Å². The second-order valence-corrected chi connectivity index (χ2v) is 9.57. The van der Waals surface area contributed by atoms with Gasteiger partial charge in [0.05, 0.1) is 5.75 Å². The van der Waals surface area contributed by atoms with Gasteiger partial charge >= 0.3 is 0 Å². The fourth-order valence-corrected chi connectivity index (χ4v) is 4.60. The molecule has 0 saturated heterocycles. The van der Waals surface area contributed by atoms with E-state index in [1.54, 1.807) is 42.2 Å². The summed E-state index contributed by atoms with van der Waals surface area (Å²) in [4.78, 5) is 27.4. The highest BCUT2D eigenvalue weighted by Crippen LogP contribution is 2.28. The Morgan fingerprint density at radius 2 is 1.65 bits per heavy atom. The van der Waals surface area contributed by atoms with Crippen molar-refractivity contribution >= 4 is 58.4 Å². The predicted octanol–water partition coefficient (Wildman–Crippen LogP) is 6.21. The van der Waals surface area contributed by atoms with Crippen molar-refractivity contribution in [1.82, 2.24) is 10.2 Å². The van der Waals surface area contributed by atoms with Gasteiger partial charge < -0.3 is 10.2 Å². The Labute approximate surface area is 203 Å². The smallest absolute Gasteiger partial charge is 0.242 e. The Bertz CT molecular complexity index is 873. The van der Waals surface area contributed by atoms with Crippen LogP contribution in [0.3, 0.4) is 0 Å². The maximum absolute atomic E-state index is 13.1. The van der Waals surface area contributed by atoms with E-state index < -0.39 is 6.04 Å². The second kappa shape index (κ2) is 12.6. The van der Waals surface area contributed by atoms with Gasteiger partial charge in [-0.25, -0.2) is 0 Å². The largest absolute Gasteiger partial charge is 0.352 e. The summed E-state index contributed by atoms with van der Waals surface area (Å²) in [5.41, 5.74) is 1.70. The Morgan fingerprint density at radius 1 is 1.03 bits per heavy atom. The van der Waals surface area contributed by atoms with Crippen molar-refractivity contribution in [3.63, 3.8) is 0 Å². The zero-order valence-electron chi connectivity index (χ0n) is 17.8. The topological polar surface area (TPSA) is 49.4 Å². The van der Waals surface area contributed by atoms with Crippen molar-refractivity contribution in [3.8, 4) is 0 Å². The number of amides is 2. The molecule has 8 heteroatoms. The highest BCUT2D eigenvalue weighted by Gasteiger charge is 2.26. The molecule has 2 rings (SSSR count). The van der Waals surface area contributed by atoms with Crippen LogP contribution >= 0.6 is 46.6 Å². The first-order valence-corrected chi connectivity index (χ1v) is 12.4. The molecule has 0 aliphatic heterocycles. The third kappa shape index (κ3) is 7.90. The van der Waals surface area contributed by atoms with Gasteiger partial charge in [0.15, 0.2) is 0 Å². The molecule has 1 N–H and O–H groups in total. The minimum Gasteiger partial charge on any atom is -0.352 e. The van der Waals surface area contributed by atoms with Crippen molar-refractivity contribution in [3.05, 3.63) is 68.7 Å². The summed E-state index contributed by atoms with van der Waals surface area (Å²) in [5.74, 6) is 0.411. The van der Waals surface area contributed by atoms with Gasteiger partial charge in [-0.3, -0.25) is 9.59 Å². The van der Waals surface area contributed by atoms with Crippen LogP contribution in [-0.4, -0.2) is 34.6 Å². The first kappa shape index (κ1) is 25.9. The summed E-state index contributed by atoms with van der Waals surface area (Å²) in [5, 5.41) is 4.73. The van der Waals surface area contributed by atoms with E-state index in [2.05, 4.69) is 5.32 Å². The summed E-state index contributed by atoms with van der Waals surface area (Å²) in [6.45, 7) is 6.02. The first-order chi connectivity index (χ1) is 14.7. The SMILES string of the molecule is CC[C@@H](C)NC(=O)[C@@H](C)N(Cc1ccc(Cl)cc1)C(=O)CSCc1c(Cl)cccc1Cl. The molecule has 2 aromatic rings. The summed E-state index contributed by atoms with van der Waals surface area (Å²) in [6, 6.07) is 12.0.